The fraction of sp³-hybridized carbons (Fsp3) is 0.205. The Hall–Kier alpha value is -9.16. The summed E-state index contributed by atoms with van der Waals surface area (Å²) in [6, 6.07) is 86.9. The molecule has 0 aliphatic heterocycles. The second kappa shape index (κ2) is 19.9. The molecular weight excluding hydrogens is 1090 g/mol. The molecule has 5 heteroatoms. The van der Waals surface area contributed by atoms with E-state index in [0.29, 0.717) is 0 Å². The highest BCUT2D eigenvalue weighted by Gasteiger charge is 2.50. The summed E-state index contributed by atoms with van der Waals surface area (Å²) in [4.78, 5) is 4.96. The first-order valence-electron chi connectivity index (χ1n) is 31.1. The lowest BCUT2D eigenvalue weighted by Gasteiger charge is -2.36. The molecule has 434 valence electrons. The van der Waals surface area contributed by atoms with Crippen molar-refractivity contribution in [1.82, 2.24) is 0 Å². The van der Waals surface area contributed by atoms with Gasteiger partial charge >= 0.3 is 0 Å². The lowest BCUT2D eigenvalue weighted by Crippen LogP contribution is -2.29. The number of furan rings is 2. The molecule has 11 aromatic carbocycles. The molecule has 3 aromatic heterocycles. The lowest BCUT2D eigenvalue weighted by molar-refractivity contribution is 0.589. The minimum atomic E-state index is -0.968. The van der Waals surface area contributed by atoms with Crippen molar-refractivity contribution in [2.45, 2.75) is 110 Å². The monoisotopic (exact) mass is 1160 g/mol. The van der Waals surface area contributed by atoms with Gasteiger partial charge < -0.3 is 18.6 Å². The van der Waals surface area contributed by atoms with Gasteiger partial charge in [0.15, 0.2) is 5.58 Å². The van der Waals surface area contributed by atoms with Crippen molar-refractivity contribution < 1.29 is 8.83 Å². The topological polar surface area (TPSA) is 32.8 Å². The summed E-state index contributed by atoms with van der Waals surface area (Å²) >= 11 is 1.89. The van der Waals surface area contributed by atoms with Crippen LogP contribution in [0.3, 0.4) is 0 Å². The predicted octanol–water partition coefficient (Wildman–Crippen LogP) is 24.3. The molecule has 0 saturated heterocycles. The Morgan fingerprint density at radius 3 is 1.32 bits per heavy atom. The van der Waals surface area contributed by atoms with Crippen molar-refractivity contribution >= 4 is 110 Å². The summed E-state index contributed by atoms with van der Waals surface area (Å²) in [6.45, 7) is 27.6. The van der Waals surface area contributed by atoms with E-state index in [-0.39, 0.29) is 21.7 Å². The fourth-order valence-electron chi connectivity index (χ4n) is 14.1. The van der Waals surface area contributed by atoms with Gasteiger partial charge in [0.1, 0.15) is 16.7 Å². The molecule has 4 nitrogen and oxygen atoms in total. The number of anilines is 6. The van der Waals surface area contributed by atoms with E-state index in [1.165, 1.54) is 70.2 Å². The van der Waals surface area contributed by atoms with Crippen molar-refractivity contribution in [3.8, 4) is 11.1 Å². The van der Waals surface area contributed by atoms with Crippen LogP contribution in [0.15, 0.2) is 239 Å². The highest BCUT2D eigenvalue weighted by Crippen LogP contribution is 2.65. The van der Waals surface area contributed by atoms with E-state index in [1.807, 2.05) is 11.3 Å². The predicted molar refractivity (Wildman–Crippen MR) is 375 cm³/mol. The summed E-state index contributed by atoms with van der Waals surface area (Å²) in [5.41, 5.74) is 20.8. The third kappa shape index (κ3) is 8.74. The fourth-order valence-corrected chi connectivity index (χ4v) is 15.3. The van der Waals surface area contributed by atoms with E-state index >= 15 is 0 Å². The number of rotatable bonds is 8. The number of thiophene rings is 1. The van der Waals surface area contributed by atoms with Gasteiger partial charge in [-0.25, -0.2) is 0 Å². The molecule has 1 aliphatic carbocycles. The maximum absolute atomic E-state index is 7.53. The Morgan fingerprint density at radius 1 is 0.330 bits per heavy atom. The molecule has 1 unspecified atom stereocenters. The summed E-state index contributed by atoms with van der Waals surface area (Å²) < 4.78 is 16.9. The molecule has 0 bridgehead atoms. The van der Waals surface area contributed by atoms with E-state index in [2.05, 4.69) is 323 Å². The van der Waals surface area contributed by atoms with Crippen LogP contribution in [0.5, 0.6) is 0 Å². The standard InChI is InChI=1S/C83H74N2O2S/c1-79(2,3)51-31-33-54(34-32-51)83(56-40-46-71-64(48-56)63-47-55(82(10,11)12)39-45-70(63)86-71)65-49-67(84(57-23-15-13-16-24-57)59-41-35-52(36-42-59)80(4,5)6)77-73(61-27-19-21-29-69(61)87-77)75(65)76-66(83)50-68(78-74(76)62-28-20-22-30-72(62)88-78)85(58-25-17-14-18-26-58)60-43-37-53(38-44-60)81(7,8)9/h13-50H,1-12H3. The molecule has 15 rings (SSSR count). The van der Waals surface area contributed by atoms with Crippen LogP contribution in [0.25, 0.3) is 75.2 Å². The maximum Gasteiger partial charge on any atom is 0.160 e. The van der Waals surface area contributed by atoms with Gasteiger partial charge in [-0.1, -0.05) is 217 Å². The van der Waals surface area contributed by atoms with Gasteiger partial charge in [0, 0.05) is 59.8 Å². The third-order valence-electron chi connectivity index (χ3n) is 18.8. The second-order valence-electron chi connectivity index (χ2n) is 28.5. The lowest BCUT2D eigenvalue weighted by atomic mass is 9.66. The molecule has 1 atom stereocenters. The van der Waals surface area contributed by atoms with Gasteiger partial charge in [-0.3, -0.25) is 0 Å². The van der Waals surface area contributed by atoms with Gasteiger partial charge in [0.2, 0.25) is 0 Å². The van der Waals surface area contributed by atoms with Crippen LogP contribution >= 0.6 is 11.3 Å². The van der Waals surface area contributed by atoms with E-state index < -0.39 is 5.41 Å². The average Bonchev–Trinajstić information content (AvgIpc) is 1.49. The first kappa shape index (κ1) is 55.4. The minimum absolute atomic E-state index is 0.0283. The molecule has 3 heterocycles. The summed E-state index contributed by atoms with van der Waals surface area (Å²) in [5.74, 6) is 0. The summed E-state index contributed by atoms with van der Waals surface area (Å²) in [7, 11) is 0. The van der Waals surface area contributed by atoms with Crippen LogP contribution in [-0.4, -0.2) is 0 Å². The number of para-hydroxylation sites is 3. The Balaban J connectivity index is 1.18. The number of hydrogen-bond donors (Lipinski definition) is 0. The Kier molecular flexibility index (Phi) is 12.6. The van der Waals surface area contributed by atoms with Crippen LogP contribution in [0.1, 0.15) is 128 Å². The minimum Gasteiger partial charge on any atom is -0.456 e. The van der Waals surface area contributed by atoms with Crippen molar-refractivity contribution in [1.29, 1.82) is 0 Å². The average molecular weight is 1160 g/mol. The molecule has 14 aromatic rings. The van der Waals surface area contributed by atoms with E-state index in [0.717, 1.165) is 83.6 Å². The normalized spacial score (nSPS) is 14.6. The highest BCUT2D eigenvalue weighted by atomic mass is 32.1. The molecule has 0 fully saturated rings. The van der Waals surface area contributed by atoms with Gasteiger partial charge in [-0.2, -0.15) is 0 Å². The van der Waals surface area contributed by atoms with Crippen LogP contribution in [0.4, 0.5) is 34.1 Å². The molecule has 1 aliphatic rings. The summed E-state index contributed by atoms with van der Waals surface area (Å²) in [5, 5.41) is 6.83. The quantitative estimate of drug-likeness (QED) is 0.152. The SMILES string of the molecule is CC(C)(C)c1ccc(N(c2ccccc2)c2cc3c(c4c2oc2ccccc24)-c2c(cc(N(c4ccccc4)c4ccc(C(C)(C)C)cc4)c4sc5ccccc5c24)C3(c2ccc(C(C)(C)C)cc2)c2ccc3oc4ccc(C(C)(C)C)cc4c3c2)cc1. The smallest absolute Gasteiger partial charge is 0.160 e. The maximum atomic E-state index is 7.53. The Labute approximate surface area is 521 Å². The molecule has 88 heavy (non-hydrogen) atoms. The zero-order valence-electron chi connectivity index (χ0n) is 52.6. The first-order chi connectivity index (χ1) is 42.2. The van der Waals surface area contributed by atoms with Crippen molar-refractivity contribution in [2.24, 2.45) is 0 Å². The van der Waals surface area contributed by atoms with Crippen molar-refractivity contribution in [3.05, 3.63) is 275 Å². The Morgan fingerprint density at radius 2 is 0.750 bits per heavy atom. The number of benzene rings is 11. The van der Waals surface area contributed by atoms with Crippen molar-refractivity contribution in [3.63, 3.8) is 0 Å². The molecule has 0 N–H and O–H groups in total. The zero-order valence-corrected chi connectivity index (χ0v) is 53.4. The second-order valence-corrected chi connectivity index (χ2v) is 29.6. The van der Waals surface area contributed by atoms with E-state index in [4.69, 9.17) is 8.83 Å². The van der Waals surface area contributed by atoms with Gasteiger partial charge in [0.05, 0.1) is 21.5 Å². The van der Waals surface area contributed by atoms with Gasteiger partial charge in [-0.15, -0.1) is 11.3 Å². The molecule has 0 radical (unpaired) electrons. The zero-order chi connectivity index (χ0) is 60.8. The first-order valence-corrected chi connectivity index (χ1v) is 32.0. The molecule has 0 spiro atoms. The highest BCUT2D eigenvalue weighted by molar-refractivity contribution is 7.26. The van der Waals surface area contributed by atoms with Gasteiger partial charge in [-0.05, 0) is 174 Å². The molecular formula is C83H74N2O2S. The Bertz CT molecular complexity index is 4810. The van der Waals surface area contributed by atoms with Crippen LogP contribution < -0.4 is 9.80 Å². The van der Waals surface area contributed by atoms with Crippen LogP contribution in [0.2, 0.25) is 0 Å². The van der Waals surface area contributed by atoms with E-state index in [9.17, 15) is 0 Å². The number of nitrogens with zero attached hydrogens (tertiary/aromatic N) is 2. The van der Waals surface area contributed by atoms with Crippen LogP contribution in [-0.2, 0) is 27.1 Å². The van der Waals surface area contributed by atoms with Crippen LogP contribution in [0, 0.1) is 0 Å². The van der Waals surface area contributed by atoms with E-state index in [1.54, 1.807) is 0 Å². The van der Waals surface area contributed by atoms with Crippen molar-refractivity contribution in [2.75, 3.05) is 9.80 Å². The third-order valence-corrected chi connectivity index (χ3v) is 20.0. The van der Waals surface area contributed by atoms with Gasteiger partial charge in [0.25, 0.3) is 0 Å². The number of hydrogen-bond acceptors (Lipinski definition) is 5. The molecule has 0 saturated carbocycles. The molecule has 0 amide bonds. The summed E-state index contributed by atoms with van der Waals surface area (Å²) in [6.07, 6.45) is 0. The largest absolute Gasteiger partial charge is 0.456 e. The number of fused-ring (bicyclic) bond motifs is 14.